The van der Waals surface area contributed by atoms with E-state index in [-0.39, 0.29) is 84.5 Å². The van der Waals surface area contributed by atoms with Crippen molar-refractivity contribution in [3.8, 4) is 33.1 Å². The van der Waals surface area contributed by atoms with E-state index < -0.39 is 83.2 Å². The van der Waals surface area contributed by atoms with Gasteiger partial charge in [-0.05, 0) is 93.0 Å². The fourth-order valence-corrected chi connectivity index (χ4v) is 10.5. The van der Waals surface area contributed by atoms with Gasteiger partial charge >= 0.3 is 12.3 Å². The summed E-state index contributed by atoms with van der Waals surface area (Å²) in [6.07, 6.45) is -2.04. The molecule has 0 aliphatic carbocycles. The highest BCUT2D eigenvalue weighted by Crippen LogP contribution is 2.44. The number of likely N-dealkylation sites (tertiary alicyclic amines) is 1. The Balaban J connectivity index is 0.966. The number of aryl methyl sites for hydroxylation is 3. The summed E-state index contributed by atoms with van der Waals surface area (Å²) >= 11 is 8.12. The van der Waals surface area contributed by atoms with Gasteiger partial charge in [-0.25, -0.2) is 9.78 Å². The van der Waals surface area contributed by atoms with Crippen molar-refractivity contribution in [3.63, 3.8) is 0 Å². The van der Waals surface area contributed by atoms with E-state index in [9.17, 15) is 42.3 Å². The Bertz CT molecular complexity index is 3350. The van der Waals surface area contributed by atoms with Gasteiger partial charge in [0.25, 0.3) is 5.91 Å². The van der Waals surface area contributed by atoms with Gasteiger partial charge in [0.1, 0.15) is 29.2 Å². The second kappa shape index (κ2) is 23.2. The molecule has 4 amide bonds. The average Bonchev–Trinajstić information content (AvgIpc) is 4.31. The largest absolute Gasteiger partial charge is 0.491 e. The molecule has 420 valence electrons. The number of imidazole rings is 1. The SMILES string of the molecule is CCn1cc(-c2cc(Cn3ccn(C)c3=NC(=O)OC(C)(C)C)cc3c2OCC(Cc2ccc(Cl)c(OCC(=O)N[C@H](C(=O)N4C[C@H](O)C[C@H]4C(=O)NCc4ccc(-c5scnc5C)cc4)C(C)(C)C)c2)C3=O)c(C(F)(F)F)n1. The van der Waals surface area contributed by atoms with Crippen LogP contribution < -0.4 is 25.7 Å². The molecule has 18 nitrogen and oxygen atoms in total. The van der Waals surface area contributed by atoms with Gasteiger partial charge in [-0.2, -0.15) is 18.3 Å². The van der Waals surface area contributed by atoms with E-state index >= 15 is 0 Å². The number of aromatic nitrogens is 5. The zero-order valence-corrected chi connectivity index (χ0v) is 46.8. The number of carbonyl (C=O) groups excluding carboxylic acids is 5. The topological polar surface area (TPSA) is 214 Å². The number of ether oxygens (including phenoxy) is 3. The summed E-state index contributed by atoms with van der Waals surface area (Å²) in [5.74, 6) is -2.88. The Morgan fingerprint density at radius 2 is 1.68 bits per heavy atom. The van der Waals surface area contributed by atoms with Crippen LogP contribution in [-0.4, -0.2) is 107 Å². The molecular weight excluding hydrogens is 1070 g/mol. The molecule has 0 bridgehead atoms. The lowest BCUT2D eigenvalue weighted by Crippen LogP contribution is -2.58. The van der Waals surface area contributed by atoms with Crippen molar-refractivity contribution < 1.29 is 56.5 Å². The molecule has 1 saturated heterocycles. The summed E-state index contributed by atoms with van der Waals surface area (Å²) in [6.45, 7) is 13.4. The number of aliphatic hydroxyl groups excluding tert-OH is 1. The molecule has 3 aromatic carbocycles. The molecule has 8 rings (SSSR count). The third-order valence-electron chi connectivity index (χ3n) is 13.4. The third-order valence-corrected chi connectivity index (χ3v) is 14.7. The quantitative estimate of drug-likeness (QED) is 0.0889. The molecule has 6 aromatic rings. The van der Waals surface area contributed by atoms with Crippen LogP contribution >= 0.6 is 22.9 Å². The minimum atomic E-state index is -4.85. The van der Waals surface area contributed by atoms with Crippen LogP contribution in [0.3, 0.4) is 0 Å². The molecule has 3 aromatic heterocycles. The minimum absolute atomic E-state index is 0.00362. The van der Waals surface area contributed by atoms with Gasteiger partial charge in [0.15, 0.2) is 18.1 Å². The fourth-order valence-electron chi connectivity index (χ4n) is 9.48. The first-order valence-electron chi connectivity index (χ1n) is 25.6. The van der Waals surface area contributed by atoms with E-state index in [1.807, 2.05) is 31.2 Å². The highest BCUT2D eigenvalue weighted by Gasteiger charge is 2.45. The molecule has 1 fully saturated rings. The molecule has 2 aliphatic rings. The molecule has 79 heavy (non-hydrogen) atoms. The number of Topliss-reactive ketones (excluding diaryl/α,β-unsaturated/α-hetero) is 1. The van der Waals surface area contributed by atoms with Gasteiger partial charge in [0.05, 0.1) is 51.8 Å². The molecular formula is C56H63ClF3N9O9S. The Labute approximate surface area is 463 Å². The second-order valence-corrected chi connectivity index (χ2v) is 23.0. The number of nitrogens with zero attached hydrogens (tertiary/aromatic N) is 7. The zero-order valence-electron chi connectivity index (χ0n) is 45.2. The predicted octanol–water partition coefficient (Wildman–Crippen LogP) is 8.32. The maximum atomic E-state index is 14.6. The van der Waals surface area contributed by atoms with E-state index in [2.05, 4.69) is 25.7 Å². The number of β-amino-alcohol motifs (C(OH)–C–C–N with tert-alkyl or cyclic N) is 1. The molecule has 1 unspecified atom stereocenters. The lowest BCUT2D eigenvalue weighted by atomic mass is 9.85. The number of benzene rings is 3. The van der Waals surface area contributed by atoms with Crippen molar-refractivity contribution >= 4 is 52.5 Å². The number of hydrogen-bond donors (Lipinski definition) is 3. The Morgan fingerprint density at radius 3 is 2.34 bits per heavy atom. The van der Waals surface area contributed by atoms with Crippen molar-refractivity contribution in [2.24, 2.45) is 23.4 Å². The number of fused-ring (bicyclic) bond motifs is 1. The molecule has 2 aliphatic heterocycles. The number of ketones is 1. The highest BCUT2D eigenvalue weighted by atomic mass is 35.5. The summed E-state index contributed by atoms with van der Waals surface area (Å²) in [7, 11) is 1.66. The summed E-state index contributed by atoms with van der Waals surface area (Å²) in [5, 5.41) is 20.3. The van der Waals surface area contributed by atoms with Crippen molar-refractivity contribution in [2.75, 3.05) is 19.8 Å². The van der Waals surface area contributed by atoms with Crippen LogP contribution in [0, 0.1) is 18.3 Å². The summed E-state index contributed by atoms with van der Waals surface area (Å²) in [4.78, 5) is 79.8. The maximum absolute atomic E-state index is 14.6. The van der Waals surface area contributed by atoms with Crippen LogP contribution in [0.15, 0.2) is 83.7 Å². The maximum Gasteiger partial charge on any atom is 0.437 e. The lowest BCUT2D eigenvalue weighted by molar-refractivity contribution is -0.144. The first kappa shape index (κ1) is 57.9. The molecule has 0 radical (unpaired) electrons. The normalized spacial score (nSPS) is 17.3. The predicted molar refractivity (Wildman–Crippen MR) is 288 cm³/mol. The molecule has 3 N–H and O–H groups in total. The fraction of sp³-hybridized carbons (Fsp3) is 0.429. The zero-order chi connectivity index (χ0) is 57.3. The summed E-state index contributed by atoms with van der Waals surface area (Å²) < 4.78 is 65.8. The van der Waals surface area contributed by atoms with Crippen LogP contribution in [0.1, 0.15) is 93.3 Å². The van der Waals surface area contributed by atoms with Crippen molar-refractivity contribution in [1.29, 1.82) is 0 Å². The van der Waals surface area contributed by atoms with Crippen LogP contribution in [0.25, 0.3) is 21.6 Å². The van der Waals surface area contributed by atoms with E-state index in [4.69, 9.17) is 25.8 Å². The number of hydrogen-bond acceptors (Lipinski definition) is 12. The average molecular weight is 1130 g/mol. The van der Waals surface area contributed by atoms with Gasteiger partial charge in [0.2, 0.25) is 17.4 Å². The number of carbonyl (C=O) groups is 5. The van der Waals surface area contributed by atoms with E-state index in [0.717, 1.165) is 26.4 Å². The first-order valence-corrected chi connectivity index (χ1v) is 26.9. The monoisotopic (exact) mass is 1130 g/mol. The van der Waals surface area contributed by atoms with Crippen molar-refractivity contribution in [1.82, 2.24) is 39.4 Å². The standard InChI is InChI=1S/C56H63ClF3N9O9S/c1-10-68-27-40(48(65-68)56(58,59)60)38-20-34(25-67-18-17-66(9)52(67)64-53(75)78-55(6,7)8)21-39-45(72)36(28-77-46(38)39)19-33-13-16-41(57)43(22-33)76-29-44(71)63-49(54(3,4)5)51(74)69-26-37(70)23-42(69)50(73)61-24-32-11-14-35(15-12-32)47-31(2)62-30-79-47/h11-18,20-22,27,30,36-37,42,49,70H,10,19,23-26,28-29H2,1-9H3,(H,61,73)(H,63,71)/t36?,37-,42+,49-/m1/s1. The highest BCUT2D eigenvalue weighted by molar-refractivity contribution is 7.13. The van der Waals surface area contributed by atoms with Gasteiger partial charge in [-0.1, -0.05) is 62.7 Å². The van der Waals surface area contributed by atoms with Crippen LogP contribution in [0.5, 0.6) is 11.5 Å². The molecule has 5 heterocycles. The van der Waals surface area contributed by atoms with Crippen LogP contribution in [0.4, 0.5) is 18.0 Å². The number of nitrogens with one attached hydrogen (secondary N) is 2. The Kier molecular flexibility index (Phi) is 17.0. The van der Waals surface area contributed by atoms with Crippen molar-refractivity contribution in [3.05, 3.63) is 123 Å². The Morgan fingerprint density at radius 1 is 0.975 bits per heavy atom. The van der Waals surface area contributed by atoms with Crippen LogP contribution in [-0.2, 0) is 58.4 Å². The number of thiazole rings is 1. The van der Waals surface area contributed by atoms with E-state index in [1.54, 1.807) is 101 Å². The molecule has 0 saturated carbocycles. The number of rotatable bonds is 15. The van der Waals surface area contributed by atoms with E-state index in [1.165, 1.54) is 34.6 Å². The van der Waals surface area contributed by atoms with E-state index in [0.29, 0.717) is 11.1 Å². The molecule has 0 spiro atoms. The molecule has 23 heteroatoms. The first-order chi connectivity index (χ1) is 37.2. The minimum Gasteiger partial charge on any atom is -0.491 e. The smallest absolute Gasteiger partial charge is 0.437 e. The van der Waals surface area contributed by atoms with Gasteiger partial charge < -0.3 is 44.0 Å². The summed E-state index contributed by atoms with van der Waals surface area (Å²) in [5.41, 5.74) is 2.61. The van der Waals surface area contributed by atoms with Crippen molar-refractivity contribution in [2.45, 2.75) is 118 Å². The van der Waals surface area contributed by atoms with Gasteiger partial charge in [0, 0.05) is 62.8 Å². The lowest BCUT2D eigenvalue weighted by Gasteiger charge is -2.35. The number of alkyl halides is 3. The van der Waals surface area contributed by atoms with Gasteiger partial charge in [-0.3, -0.25) is 23.9 Å². The number of halogens is 4. The summed E-state index contributed by atoms with van der Waals surface area (Å²) in [6, 6.07) is 13.4. The van der Waals surface area contributed by atoms with Gasteiger partial charge in [-0.15, -0.1) is 16.3 Å². The number of aliphatic hydroxyl groups is 1. The Hall–Kier alpha value is -7.30. The number of amides is 4. The second-order valence-electron chi connectivity index (χ2n) is 21.8. The van der Waals surface area contributed by atoms with Crippen LogP contribution in [0.2, 0.25) is 5.02 Å². The third kappa shape index (κ3) is 13.6. The molecule has 4 atom stereocenters.